The molecule has 4 heteroatoms. The Morgan fingerprint density at radius 3 is 2.56 bits per heavy atom. The fourth-order valence-electron chi connectivity index (χ4n) is 1.46. The first-order valence-electron chi connectivity index (χ1n) is 4.66. The molecule has 2 nitrogen and oxygen atoms in total. The second-order valence-corrected chi connectivity index (χ2v) is 3.98. The van der Waals surface area contributed by atoms with Crippen LogP contribution in [0.25, 0.3) is 10.8 Å². The third kappa shape index (κ3) is 2.29. The zero-order chi connectivity index (χ0) is 11.5. The van der Waals surface area contributed by atoms with Crippen molar-refractivity contribution in [1.29, 1.82) is 0 Å². The van der Waals surface area contributed by atoms with Gasteiger partial charge < -0.3 is 4.74 Å². The molecule has 0 heterocycles. The number of hydrogen-bond donors (Lipinski definition) is 0. The van der Waals surface area contributed by atoms with E-state index in [0.29, 0.717) is 5.75 Å². The van der Waals surface area contributed by atoms with Crippen LogP contribution in [0.2, 0.25) is 0 Å². The summed E-state index contributed by atoms with van der Waals surface area (Å²) < 4.78 is 5.27. The molecule has 2 aromatic rings. The lowest BCUT2D eigenvalue weighted by Gasteiger charge is -2.10. The third-order valence-electron chi connectivity index (χ3n) is 2.16. The quantitative estimate of drug-likeness (QED) is 0.619. The van der Waals surface area contributed by atoms with Gasteiger partial charge in [-0.1, -0.05) is 48.0 Å². The summed E-state index contributed by atoms with van der Waals surface area (Å²) in [7, 11) is 0. The van der Waals surface area contributed by atoms with Crippen LogP contribution in [0, 0.1) is 0 Å². The molecule has 0 saturated heterocycles. The number of ether oxygens (including phenoxy) is 1. The van der Waals surface area contributed by atoms with E-state index in [1.165, 1.54) is 0 Å². The topological polar surface area (TPSA) is 26.3 Å². The fourth-order valence-corrected chi connectivity index (χ4v) is 1.60. The first-order valence-corrected chi connectivity index (χ1v) is 5.48. The molecule has 0 aliphatic heterocycles. The molecule has 0 bridgehead atoms. The van der Waals surface area contributed by atoms with Gasteiger partial charge in [0.2, 0.25) is 5.56 Å². The van der Waals surface area contributed by atoms with E-state index in [-0.39, 0.29) is 0 Å². The van der Waals surface area contributed by atoms with E-state index < -0.39 is 10.8 Å². The second kappa shape index (κ2) is 4.73. The van der Waals surface area contributed by atoms with Crippen molar-refractivity contribution in [2.24, 2.45) is 0 Å². The number of carbonyl (C=O) groups is 1. The average molecular weight is 255 g/mol. The predicted molar refractivity (Wildman–Crippen MR) is 65.1 cm³/mol. The van der Waals surface area contributed by atoms with Crippen LogP contribution in [-0.4, -0.2) is 10.8 Å². The molecule has 1 unspecified atom stereocenters. The summed E-state index contributed by atoms with van der Waals surface area (Å²) in [5, 5.41) is 1.19. The second-order valence-electron chi connectivity index (χ2n) is 3.22. The molecule has 0 N–H and O–H groups in total. The number of fused-ring (bicyclic) bond motifs is 1. The van der Waals surface area contributed by atoms with Crippen LogP contribution < -0.4 is 4.74 Å². The maximum Gasteiger partial charge on any atom is 0.278 e. The van der Waals surface area contributed by atoms with Crippen molar-refractivity contribution in [3.63, 3.8) is 0 Å². The van der Waals surface area contributed by atoms with Gasteiger partial charge in [-0.3, -0.25) is 4.79 Å². The zero-order valence-electron chi connectivity index (χ0n) is 8.19. The third-order valence-corrected chi connectivity index (χ3v) is 2.76. The number of alkyl halides is 1. The van der Waals surface area contributed by atoms with Gasteiger partial charge in [-0.05, 0) is 23.1 Å². The van der Waals surface area contributed by atoms with Crippen LogP contribution in [0.4, 0.5) is 0 Å². The highest BCUT2D eigenvalue weighted by atomic mass is 35.5. The smallest absolute Gasteiger partial charge is 0.278 e. The summed E-state index contributed by atoms with van der Waals surface area (Å²) >= 11 is 10.9. The van der Waals surface area contributed by atoms with Crippen molar-refractivity contribution in [3.05, 3.63) is 42.5 Å². The molecule has 0 fully saturated rings. The van der Waals surface area contributed by atoms with Crippen LogP contribution in [0.3, 0.4) is 0 Å². The van der Waals surface area contributed by atoms with Gasteiger partial charge in [0.05, 0.1) is 0 Å². The maximum atomic E-state index is 10.8. The highest BCUT2D eigenvalue weighted by Crippen LogP contribution is 2.26. The van der Waals surface area contributed by atoms with Crippen molar-refractivity contribution in [2.75, 3.05) is 0 Å². The Balaban J connectivity index is 2.41. The summed E-state index contributed by atoms with van der Waals surface area (Å²) in [4.78, 5) is 10.8. The van der Waals surface area contributed by atoms with Crippen LogP contribution in [-0.2, 0) is 4.79 Å². The Kier molecular flexibility index (Phi) is 3.32. The normalized spacial score (nSPS) is 12.4. The molecule has 82 valence electrons. The van der Waals surface area contributed by atoms with E-state index >= 15 is 0 Å². The van der Waals surface area contributed by atoms with E-state index in [0.717, 1.165) is 10.8 Å². The minimum atomic E-state index is -1.16. The monoisotopic (exact) mass is 254 g/mol. The van der Waals surface area contributed by atoms with Crippen molar-refractivity contribution in [1.82, 2.24) is 0 Å². The van der Waals surface area contributed by atoms with Crippen molar-refractivity contribution in [2.45, 2.75) is 5.56 Å². The van der Waals surface area contributed by atoms with Crippen molar-refractivity contribution < 1.29 is 9.53 Å². The van der Waals surface area contributed by atoms with Gasteiger partial charge in [-0.2, -0.15) is 0 Å². The number of rotatable bonds is 3. The van der Waals surface area contributed by atoms with E-state index in [4.69, 9.17) is 27.9 Å². The van der Waals surface area contributed by atoms with Crippen LogP contribution >= 0.6 is 23.2 Å². The van der Waals surface area contributed by atoms with Crippen LogP contribution in [0.5, 0.6) is 5.75 Å². The number of halogens is 2. The molecule has 0 aliphatic carbocycles. The predicted octanol–water partition coefficient (Wildman–Crippen LogP) is 3.55. The standard InChI is InChI=1S/C12H8Cl2O2/c13-11(15)12(14)16-10-7-3-5-8-4-1-2-6-9(8)10/h1-7,12H. The van der Waals surface area contributed by atoms with E-state index in [1.54, 1.807) is 6.07 Å². The van der Waals surface area contributed by atoms with E-state index in [9.17, 15) is 4.79 Å². The lowest BCUT2D eigenvalue weighted by atomic mass is 10.1. The molecule has 0 radical (unpaired) electrons. The lowest BCUT2D eigenvalue weighted by Crippen LogP contribution is -2.16. The van der Waals surface area contributed by atoms with Gasteiger partial charge in [0.15, 0.2) is 0 Å². The maximum absolute atomic E-state index is 10.8. The summed E-state index contributed by atoms with van der Waals surface area (Å²) in [5.41, 5.74) is -1.16. The minimum Gasteiger partial charge on any atom is -0.465 e. The number of hydrogen-bond acceptors (Lipinski definition) is 2. The number of carbonyl (C=O) groups excluding carboxylic acids is 1. The first-order chi connectivity index (χ1) is 7.68. The van der Waals surface area contributed by atoms with Crippen molar-refractivity contribution >= 4 is 39.2 Å². The molecule has 0 aromatic heterocycles. The van der Waals surface area contributed by atoms with E-state index in [1.807, 2.05) is 36.4 Å². The van der Waals surface area contributed by atoms with Crippen LogP contribution in [0.1, 0.15) is 0 Å². The zero-order valence-corrected chi connectivity index (χ0v) is 9.70. The molecule has 0 amide bonds. The largest absolute Gasteiger partial charge is 0.465 e. The Morgan fingerprint density at radius 2 is 1.81 bits per heavy atom. The first kappa shape index (κ1) is 11.2. The molecule has 0 spiro atoms. The molecule has 16 heavy (non-hydrogen) atoms. The van der Waals surface area contributed by atoms with Gasteiger partial charge in [0.25, 0.3) is 5.24 Å². The lowest BCUT2D eigenvalue weighted by molar-refractivity contribution is -0.114. The average Bonchev–Trinajstić information content (AvgIpc) is 2.29. The fraction of sp³-hybridized carbons (Fsp3) is 0.0833. The van der Waals surface area contributed by atoms with E-state index in [2.05, 4.69) is 0 Å². The van der Waals surface area contributed by atoms with Gasteiger partial charge in [0.1, 0.15) is 5.75 Å². The molecule has 2 rings (SSSR count). The van der Waals surface area contributed by atoms with Crippen LogP contribution in [0.15, 0.2) is 42.5 Å². The molecular formula is C12H8Cl2O2. The van der Waals surface area contributed by atoms with Gasteiger partial charge in [-0.25, -0.2) is 0 Å². The molecule has 2 aromatic carbocycles. The Morgan fingerprint density at radius 1 is 1.12 bits per heavy atom. The highest BCUT2D eigenvalue weighted by Gasteiger charge is 2.15. The van der Waals surface area contributed by atoms with Gasteiger partial charge >= 0.3 is 0 Å². The molecule has 0 saturated carbocycles. The summed E-state index contributed by atoms with van der Waals surface area (Å²) in [6.45, 7) is 0. The van der Waals surface area contributed by atoms with Gasteiger partial charge in [-0.15, -0.1) is 0 Å². The summed E-state index contributed by atoms with van der Waals surface area (Å²) in [6, 6.07) is 13.2. The molecular weight excluding hydrogens is 247 g/mol. The minimum absolute atomic E-state index is 0.548. The Hall–Kier alpha value is -1.25. The molecule has 0 aliphatic rings. The Bertz CT molecular complexity index is 520. The number of benzene rings is 2. The van der Waals surface area contributed by atoms with Crippen molar-refractivity contribution in [3.8, 4) is 5.75 Å². The summed E-state index contributed by atoms with van der Waals surface area (Å²) in [5.74, 6) is 0.548. The SMILES string of the molecule is O=C(Cl)C(Cl)Oc1cccc2ccccc12. The highest BCUT2D eigenvalue weighted by molar-refractivity contribution is 6.68. The summed E-state index contributed by atoms with van der Waals surface area (Å²) in [6.07, 6.45) is 0. The Labute approximate surface area is 103 Å². The van der Waals surface area contributed by atoms with Gasteiger partial charge in [0, 0.05) is 5.39 Å². The molecule has 1 atom stereocenters.